The molecule has 662 valence electrons. The Morgan fingerprint density at radius 3 is 1.02 bits per heavy atom. The van der Waals surface area contributed by atoms with Gasteiger partial charge in [0, 0.05) is 111 Å². The summed E-state index contributed by atoms with van der Waals surface area (Å²) >= 11 is 0. The number of benzene rings is 10. The van der Waals surface area contributed by atoms with Gasteiger partial charge in [-0.1, -0.05) is 253 Å². The van der Waals surface area contributed by atoms with Gasteiger partial charge in [-0.3, -0.25) is 9.59 Å². The van der Waals surface area contributed by atoms with E-state index in [-0.39, 0.29) is 57.6 Å². The Hall–Kier alpha value is -13.2. The van der Waals surface area contributed by atoms with Crippen molar-refractivity contribution in [2.24, 2.45) is 11.8 Å². The fraction of sp³-hybridized carbons (Fsp3) is 0.271. The van der Waals surface area contributed by atoms with Crippen LogP contribution in [0, 0.1) is 100 Å². The van der Waals surface area contributed by atoms with Crippen molar-refractivity contribution in [2.75, 3.05) is 19.8 Å². The largest absolute Gasteiger partial charge is 0.508 e. The summed E-state index contributed by atoms with van der Waals surface area (Å²) in [5.74, 6) is 7.42. The molecule has 0 spiro atoms. The number of carbonyl (C=O) groups is 4. The molecule has 0 saturated carbocycles. The highest BCUT2D eigenvalue weighted by molar-refractivity contribution is 7.59. The number of carboxylic acid groups (broad SMARTS) is 2. The fourth-order valence-electron chi connectivity index (χ4n) is 13.9. The fourth-order valence-corrected chi connectivity index (χ4v) is 13.9. The number of aromatic hydroxyl groups is 1. The van der Waals surface area contributed by atoms with Gasteiger partial charge in [-0.25, -0.2) is 24.7 Å². The minimum Gasteiger partial charge on any atom is -0.508 e. The Morgan fingerprint density at radius 1 is 0.394 bits per heavy atom. The number of aliphatic carboxylic acids is 1. The van der Waals surface area contributed by atoms with E-state index in [2.05, 4.69) is 251 Å². The zero-order valence-electron chi connectivity index (χ0n) is 75.7. The maximum Gasteiger partial charge on any atom is 0.335 e. The van der Waals surface area contributed by atoms with E-state index in [4.69, 9.17) is 26.1 Å². The van der Waals surface area contributed by atoms with Crippen molar-refractivity contribution in [3.05, 3.63) is 363 Å². The van der Waals surface area contributed by atoms with E-state index in [1.807, 2.05) is 113 Å². The van der Waals surface area contributed by atoms with Crippen molar-refractivity contribution in [1.82, 2.24) is 43.5 Å². The van der Waals surface area contributed by atoms with Gasteiger partial charge in [0.1, 0.15) is 46.3 Å². The predicted molar refractivity (Wildman–Crippen MR) is 524 cm³/mol. The van der Waals surface area contributed by atoms with Crippen molar-refractivity contribution in [1.29, 1.82) is 0 Å². The summed E-state index contributed by atoms with van der Waals surface area (Å²) in [4.78, 5) is 62.1. The van der Waals surface area contributed by atoms with Gasteiger partial charge in [0.15, 0.2) is 0 Å². The second kappa shape index (κ2) is 51.3. The van der Waals surface area contributed by atoms with Crippen LogP contribution in [0.1, 0.15) is 164 Å². The molecular weight excluding hydrogens is 1620 g/mol. The number of aromatic carboxylic acids is 1. The summed E-state index contributed by atoms with van der Waals surface area (Å²) < 4.78 is 21.0. The molecule has 18 nitrogen and oxygen atoms in total. The zero-order valence-corrected chi connectivity index (χ0v) is 77.7. The molecule has 4 aromatic heterocycles. The number of amides is 1. The van der Waals surface area contributed by atoms with Gasteiger partial charge in [-0.2, -0.15) is 27.0 Å². The van der Waals surface area contributed by atoms with Crippen LogP contribution in [0.15, 0.2) is 267 Å². The first-order chi connectivity index (χ1) is 60.1. The molecule has 0 radical (unpaired) electrons. The van der Waals surface area contributed by atoms with Crippen molar-refractivity contribution in [2.45, 2.75) is 162 Å². The molecule has 20 heteroatoms. The molecule has 4 N–H and O–H groups in total. The van der Waals surface area contributed by atoms with Gasteiger partial charge in [0.05, 0.1) is 45.0 Å². The summed E-state index contributed by atoms with van der Waals surface area (Å²) in [6.07, 6.45) is 17.1. The van der Waals surface area contributed by atoms with E-state index in [1.165, 1.54) is 44.6 Å². The number of aryl methyl sites for hydroxylation is 11. The molecule has 0 saturated heterocycles. The van der Waals surface area contributed by atoms with E-state index >= 15 is 0 Å². The Morgan fingerprint density at radius 2 is 0.693 bits per heavy atom. The molecule has 1 amide bonds. The number of phenols is 1. The number of nitrogens with one attached hydrogen (secondary N) is 1. The maximum atomic E-state index is 11.3. The Kier molecular flexibility index (Phi) is 40.7. The van der Waals surface area contributed by atoms with Crippen LogP contribution in [-0.2, 0) is 35.8 Å². The molecule has 0 bridgehead atoms. The molecule has 127 heavy (non-hydrogen) atoms. The number of terminal acetylenes is 1. The lowest BCUT2D eigenvalue weighted by molar-refractivity contribution is -0.138. The zero-order chi connectivity index (χ0) is 89.9. The number of ether oxygens (including phenoxy) is 2. The second-order valence-electron chi connectivity index (χ2n) is 32.1. The lowest BCUT2D eigenvalue weighted by Gasteiger charge is -2.15. The van der Waals surface area contributed by atoms with Crippen LogP contribution in [0.4, 0.5) is 0 Å². The average Bonchev–Trinajstić information content (AvgIpc) is 1.30. The van der Waals surface area contributed by atoms with Crippen LogP contribution < -0.4 is 14.8 Å². The molecule has 0 aliphatic heterocycles. The highest BCUT2D eigenvalue weighted by Gasteiger charge is 2.19. The van der Waals surface area contributed by atoms with E-state index in [0.29, 0.717) is 62.1 Å². The third kappa shape index (κ3) is 31.8. The van der Waals surface area contributed by atoms with E-state index in [9.17, 15) is 24.3 Å². The number of Topliss-reactive ketones (excluding diaryl/α,β-unsaturated/α-hetero) is 1. The first-order valence-electron chi connectivity index (χ1n) is 42.5. The summed E-state index contributed by atoms with van der Waals surface area (Å²) in [6.45, 7) is 32.8. The van der Waals surface area contributed by atoms with E-state index in [1.54, 1.807) is 49.4 Å². The van der Waals surface area contributed by atoms with Gasteiger partial charge in [0.2, 0.25) is 0 Å². The van der Waals surface area contributed by atoms with Gasteiger partial charge in [-0.15, -0.1) is 6.42 Å². The van der Waals surface area contributed by atoms with Crippen LogP contribution in [-0.4, -0.2) is 96.9 Å². The molecular formula is C107H123N9O9S2. The minimum absolute atomic E-state index is 0. The minimum atomic E-state index is -0.875. The molecule has 10 aromatic carbocycles. The molecule has 0 aliphatic carbocycles. The van der Waals surface area contributed by atoms with E-state index < -0.39 is 11.9 Å². The van der Waals surface area contributed by atoms with Crippen LogP contribution in [0.25, 0.3) is 45.6 Å². The van der Waals surface area contributed by atoms with Crippen LogP contribution in [0.5, 0.6) is 17.2 Å². The number of hydrogen-bond donors (Lipinski definition) is 4. The number of rotatable bonds is 29. The van der Waals surface area contributed by atoms with Crippen LogP contribution in [0.3, 0.4) is 0 Å². The quantitative estimate of drug-likeness (QED) is 0.0253. The summed E-state index contributed by atoms with van der Waals surface area (Å²) in [5, 5.41) is 29.9. The Balaban J connectivity index is 0.000000215. The maximum absolute atomic E-state index is 11.3. The number of imidazole rings is 4. The second-order valence-corrected chi connectivity index (χ2v) is 32.1. The number of aromatic nitrogens is 8. The highest BCUT2D eigenvalue weighted by Crippen LogP contribution is 2.31. The summed E-state index contributed by atoms with van der Waals surface area (Å²) in [6, 6.07) is 80.1. The lowest BCUT2D eigenvalue weighted by Crippen LogP contribution is -2.23. The summed E-state index contributed by atoms with van der Waals surface area (Å²) in [5.41, 5.74) is 22.9. The predicted octanol–water partition coefficient (Wildman–Crippen LogP) is 23.2. The van der Waals surface area contributed by atoms with Gasteiger partial charge >= 0.3 is 11.9 Å². The number of phenolic OH excluding ortho intramolecular Hbond substituents is 1. The number of carbonyl (C=O) groups excluding carboxylic acids is 2. The Bertz CT molecular complexity index is 5530. The van der Waals surface area contributed by atoms with Crippen LogP contribution in [0.2, 0.25) is 0 Å². The first kappa shape index (κ1) is 101. The van der Waals surface area contributed by atoms with Crippen molar-refractivity contribution in [3.63, 3.8) is 0 Å². The van der Waals surface area contributed by atoms with Crippen LogP contribution >= 0.6 is 27.0 Å². The molecule has 0 aliphatic rings. The van der Waals surface area contributed by atoms with Crippen molar-refractivity contribution >= 4 is 50.6 Å². The normalized spacial score (nSPS) is 10.9. The standard InChI is InChI=1S/C26H32N2O2.C25H30N2O3.C19H20N2.C18H18N2O.C11H11NO.C8H8O2.2H2S/c1-19-11-13-23(14-12-19)26-27-17-21(3)28(26)18-24-9-5-6-10-25(24)30-15-7-8-20(2)16-22(4)29;1-18-10-12-21(13-11-18)25-26-16-20(3)27(25)17-22-8-4-5-9-23(22)30-14-6-7-19(2)15-24(28)29;1-14-8-10-17(11-9-14)19-20-12-16(3)21(19)13-18-7-5-4-6-15(18)2;1-13-7-9-15(10-8-13)18-19-11-14(2)20(18)12-16-5-3-4-6-17(16)21;1-3-8-12-11(13)10-6-4-9(2)5-7-10;1-6-2-4-7(5-3-6)8(9)10;;/h5-6,9-14,17,20H,7-8,15-16,18H2,1-4H3;4-5,8-13,16,19H,6-7,14-15,17H2,1-3H3,(H,28,29);4-12H,13H2,1-3H3;3-11,21H,12H2,1-2H3;1,4-7H,8H2,2H3,(H,12,13);2-5H,1H3,(H,9,10);2*1H2/t20-;19-;;;;;;/m00....../s1. The molecule has 14 rings (SSSR count). The van der Waals surface area contributed by atoms with E-state index in [0.717, 1.165) is 129 Å². The highest BCUT2D eigenvalue weighted by atomic mass is 32.1. The number of hydrogen-bond acceptors (Lipinski definition) is 11. The van der Waals surface area contributed by atoms with Gasteiger partial charge < -0.3 is 53.2 Å². The smallest absolute Gasteiger partial charge is 0.335 e. The monoisotopic (exact) mass is 1740 g/mol. The average molecular weight is 1740 g/mol. The third-order valence-electron chi connectivity index (χ3n) is 21.3. The van der Waals surface area contributed by atoms with Gasteiger partial charge in [-0.05, 0) is 174 Å². The van der Waals surface area contributed by atoms with Gasteiger partial charge in [0.25, 0.3) is 5.91 Å². The number of nitrogens with zero attached hydrogens (tertiary/aromatic N) is 8. The molecule has 0 unspecified atom stereocenters. The first-order valence-corrected chi connectivity index (χ1v) is 42.5. The molecule has 0 fully saturated rings. The van der Waals surface area contributed by atoms with Crippen molar-refractivity contribution in [3.8, 4) is 75.1 Å². The molecule has 2 atom stereocenters. The Labute approximate surface area is 764 Å². The van der Waals surface area contributed by atoms with Crippen molar-refractivity contribution < 1.29 is 44.0 Å². The number of para-hydroxylation sites is 3. The third-order valence-corrected chi connectivity index (χ3v) is 21.3. The summed E-state index contributed by atoms with van der Waals surface area (Å²) in [7, 11) is 0. The topological polar surface area (TPSA) is 231 Å². The molecule has 14 aromatic rings. The number of carboxylic acids is 2. The molecule has 4 heterocycles. The SMILES string of the molecule is C#CCNC(=O)c1ccc(C)cc1.CC(=O)C[C@@H](C)CCCOc1ccccc1Cn1c(C)cnc1-c1ccc(C)cc1.Cc1ccc(-c2ncc(C)n2Cc2ccccc2C)cc1.Cc1ccc(-c2ncc(C)n2Cc2ccccc2O)cc1.Cc1ccc(-c2ncc(C)n2Cc2ccccc2OCCC[C@H](C)CC(=O)O)cc1.Cc1ccc(C(=O)O)cc1.S.S. The lowest BCUT2D eigenvalue weighted by atomic mass is 10.00. The number of ketones is 1.